The summed E-state index contributed by atoms with van der Waals surface area (Å²) in [5, 5.41) is 3.44. The van der Waals surface area contributed by atoms with Crippen LogP contribution in [-0.4, -0.2) is 42.9 Å². The molecule has 0 radical (unpaired) electrons. The molecule has 168 valence electrons. The highest BCUT2D eigenvalue weighted by molar-refractivity contribution is 6.31. The monoisotopic (exact) mass is 454 g/mol. The number of methoxy groups -OCH3 is 1. The molecule has 0 aliphatic carbocycles. The quantitative estimate of drug-likeness (QED) is 0.506. The molecule has 1 aliphatic heterocycles. The summed E-state index contributed by atoms with van der Waals surface area (Å²) in [7, 11) is 1.31. The van der Waals surface area contributed by atoms with Crippen molar-refractivity contribution in [3.8, 4) is 0 Å². The van der Waals surface area contributed by atoms with Gasteiger partial charge in [0.05, 0.1) is 19.6 Å². The van der Waals surface area contributed by atoms with Gasteiger partial charge in [0.15, 0.2) is 0 Å². The first-order valence-electron chi connectivity index (χ1n) is 10.6. The maximum absolute atomic E-state index is 12.9. The van der Waals surface area contributed by atoms with Crippen molar-refractivity contribution in [2.75, 3.05) is 20.2 Å². The van der Waals surface area contributed by atoms with E-state index in [-0.39, 0.29) is 24.2 Å². The molecule has 6 nitrogen and oxygen atoms in total. The highest BCUT2D eigenvalue weighted by Crippen LogP contribution is 2.27. The lowest BCUT2D eigenvalue weighted by Gasteiger charge is -2.31. The Morgan fingerprint density at radius 2 is 1.75 bits per heavy atom. The van der Waals surface area contributed by atoms with E-state index >= 15 is 0 Å². The second-order valence-electron chi connectivity index (χ2n) is 7.71. The zero-order valence-corrected chi connectivity index (χ0v) is 18.8. The fraction of sp³-hybridized carbons (Fsp3) is 0.320. The molecule has 2 amide bonds. The number of nitrogens with zero attached hydrogens (tertiary/aromatic N) is 1. The number of nitrogens with one attached hydrogen (secondary N) is 1. The van der Waals surface area contributed by atoms with Gasteiger partial charge in [0.2, 0.25) is 11.8 Å². The molecule has 2 aromatic rings. The molecular weight excluding hydrogens is 428 g/mol. The molecule has 1 fully saturated rings. The van der Waals surface area contributed by atoms with Crippen LogP contribution in [0.3, 0.4) is 0 Å². The smallest absolute Gasteiger partial charge is 0.307 e. The van der Waals surface area contributed by atoms with E-state index in [4.69, 9.17) is 16.3 Å². The van der Waals surface area contributed by atoms with Gasteiger partial charge in [-0.2, -0.15) is 0 Å². The van der Waals surface area contributed by atoms with Gasteiger partial charge in [-0.3, -0.25) is 14.4 Å². The number of benzene rings is 2. The molecule has 0 spiro atoms. The minimum atomic E-state index is -0.572. The third-order valence-corrected chi connectivity index (χ3v) is 5.94. The fourth-order valence-corrected chi connectivity index (χ4v) is 4.00. The van der Waals surface area contributed by atoms with E-state index < -0.39 is 12.0 Å². The van der Waals surface area contributed by atoms with Gasteiger partial charge in [-0.15, -0.1) is 0 Å². The predicted octanol–water partition coefficient (Wildman–Crippen LogP) is 4.01. The van der Waals surface area contributed by atoms with Gasteiger partial charge < -0.3 is 15.0 Å². The van der Waals surface area contributed by atoms with Crippen LogP contribution < -0.4 is 5.32 Å². The summed E-state index contributed by atoms with van der Waals surface area (Å²) in [6, 6.07) is 16.2. The Morgan fingerprint density at radius 1 is 1.09 bits per heavy atom. The molecule has 0 aromatic heterocycles. The summed E-state index contributed by atoms with van der Waals surface area (Å²) >= 11 is 6.29. The van der Waals surface area contributed by atoms with E-state index in [2.05, 4.69) is 5.32 Å². The van der Waals surface area contributed by atoms with Crippen molar-refractivity contribution in [3.63, 3.8) is 0 Å². The Hall–Kier alpha value is -3.12. The summed E-state index contributed by atoms with van der Waals surface area (Å²) in [5.41, 5.74) is 1.64. The molecule has 32 heavy (non-hydrogen) atoms. The molecule has 7 heteroatoms. The fourth-order valence-electron chi connectivity index (χ4n) is 3.74. The van der Waals surface area contributed by atoms with Crippen LogP contribution in [-0.2, 0) is 19.1 Å². The number of carbonyl (C=O) groups is 3. The molecule has 1 aliphatic rings. The van der Waals surface area contributed by atoms with Crippen molar-refractivity contribution in [3.05, 3.63) is 76.8 Å². The lowest BCUT2D eigenvalue weighted by Crippen LogP contribution is -2.43. The van der Waals surface area contributed by atoms with Crippen LogP contribution in [0.1, 0.15) is 36.4 Å². The zero-order chi connectivity index (χ0) is 22.9. The summed E-state index contributed by atoms with van der Waals surface area (Å²) in [4.78, 5) is 39.0. The number of hydrogen-bond donors (Lipinski definition) is 1. The van der Waals surface area contributed by atoms with Crippen molar-refractivity contribution in [2.45, 2.75) is 25.3 Å². The SMILES string of the molecule is COC(=O)CC(NC(=O)C1CCN(C(=O)/C=C/c2ccccc2)CC1)c1ccccc1Cl. The molecule has 0 saturated carbocycles. The van der Waals surface area contributed by atoms with Crippen molar-refractivity contribution in [2.24, 2.45) is 5.92 Å². The number of ether oxygens (including phenoxy) is 1. The molecule has 1 N–H and O–H groups in total. The largest absolute Gasteiger partial charge is 0.469 e. The van der Waals surface area contributed by atoms with Crippen LogP contribution in [0.2, 0.25) is 5.02 Å². The maximum Gasteiger partial charge on any atom is 0.307 e. The number of esters is 1. The standard InChI is InChI=1S/C25H27ClN2O4/c1-32-24(30)17-22(20-9-5-6-10-21(20)26)27-25(31)19-13-15-28(16-14-19)23(29)12-11-18-7-3-2-4-8-18/h2-12,19,22H,13-17H2,1H3,(H,27,31)/b12-11+. The summed E-state index contributed by atoms with van der Waals surface area (Å²) in [6.45, 7) is 1.01. The van der Waals surface area contributed by atoms with E-state index in [0.717, 1.165) is 5.56 Å². The Morgan fingerprint density at radius 3 is 2.41 bits per heavy atom. The Bertz CT molecular complexity index is 969. The number of hydrogen-bond acceptors (Lipinski definition) is 4. The number of likely N-dealkylation sites (tertiary alicyclic amines) is 1. The molecule has 1 saturated heterocycles. The molecular formula is C25H27ClN2O4. The lowest BCUT2D eigenvalue weighted by atomic mass is 9.94. The third kappa shape index (κ3) is 6.44. The summed E-state index contributed by atoms with van der Waals surface area (Å²) in [5.74, 6) is -0.876. The number of amides is 2. The van der Waals surface area contributed by atoms with Crippen LogP contribution in [0.15, 0.2) is 60.7 Å². The molecule has 1 heterocycles. The van der Waals surface area contributed by atoms with Crippen LogP contribution in [0.4, 0.5) is 0 Å². The molecule has 1 atom stereocenters. The first-order chi connectivity index (χ1) is 15.5. The highest BCUT2D eigenvalue weighted by Gasteiger charge is 2.29. The number of piperidine rings is 1. The highest BCUT2D eigenvalue weighted by atomic mass is 35.5. The van der Waals surface area contributed by atoms with E-state index in [1.165, 1.54) is 7.11 Å². The molecule has 1 unspecified atom stereocenters. The number of carbonyl (C=O) groups excluding carboxylic acids is 3. The second kappa shape index (κ2) is 11.5. The predicted molar refractivity (Wildman–Crippen MR) is 124 cm³/mol. The van der Waals surface area contributed by atoms with Gasteiger partial charge in [0.25, 0.3) is 0 Å². The molecule has 0 bridgehead atoms. The van der Waals surface area contributed by atoms with Crippen LogP contribution in [0, 0.1) is 5.92 Å². The average molecular weight is 455 g/mol. The number of halogens is 1. The van der Waals surface area contributed by atoms with Crippen molar-refractivity contribution in [1.82, 2.24) is 10.2 Å². The zero-order valence-electron chi connectivity index (χ0n) is 18.0. The number of rotatable bonds is 7. The van der Waals surface area contributed by atoms with E-state index in [1.807, 2.05) is 36.4 Å². The van der Waals surface area contributed by atoms with Gasteiger partial charge in [0.1, 0.15) is 0 Å². The Kier molecular flexibility index (Phi) is 8.45. The summed E-state index contributed by atoms with van der Waals surface area (Å²) < 4.78 is 4.78. The van der Waals surface area contributed by atoms with Gasteiger partial charge >= 0.3 is 5.97 Å². The van der Waals surface area contributed by atoms with Gasteiger partial charge in [-0.25, -0.2) is 0 Å². The molecule has 3 rings (SSSR count). The lowest BCUT2D eigenvalue weighted by molar-refractivity contribution is -0.141. The molecule has 2 aromatic carbocycles. The normalized spacial score (nSPS) is 15.4. The van der Waals surface area contributed by atoms with Gasteiger partial charge in [0, 0.05) is 30.1 Å². The van der Waals surface area contributed by atoms with Gasteiger partial charge in [-0.1, -0.05) is 60.1 Å². The first kappa shape index (κ1) is 23.5. The van der Waals surface area contributed by atoms with Crippen LogP contribution in [0.5, 0.6) is 0 Å². The van der Waals surface area contributed by atoms with E-state index in [0.29, 0.717) is 36.5 Å². The Balaban J connectivity index is 1.57. The van der Waals surface area contributed by atoms with Gasteiger partial charge in [-0.05, 0) is 36.1 Å². The van der Waals surface area contributed by atoms with Crippen molar-refractivity contribution >= 4 is 35.5 Å². The van der Waals surface area contributed by atoms with E-state index in [1.54, 1.807) is 35.3 Å². The minimum absolute atomic E-state index is 0.00636. The average Bonchev–Trinajstić information content (AvgIpc) is 2.83. The maximum atomic E-state index is 12.9. The van der Waals surface area contributed by atoms with Crippen LogP contribution in [0.25, 0.3) is 6.08 Å². The van der Waals surface area contributed by atoms with E-state index in [9.17, 15) is 14.4 Å². The minimum Gasteiger partial charge on any atom is -0.469 e. The second-order valence-corrected chi connectivity index (χ2v) is 8.11. The topological polar surface area (TPSA) is 75.7 Å². The third-order valence-electron chi connectivity index (χ3n) is 5.59. The Labute approximate surface area is 193 Å². The van der Waals surface area contributed by atoms with Crippen molar-refractivity contribution in [1.29, 1.82) is 0 Å². The van der Waals surface area contributed by atoms with Crippen molar-refractivity contribution < 1.29 is 19.1 Å². The first-order valence-corrected chi connectivity index (χ1v) is 11.0. The summed E-state index contributed by atoms with van der Waals surface area (Å²) in [6.07, 6.45) is 4.48. The van der Waals surface area contributed by atoms with Crippen LogP contribution >= 0.6 is 11.6 Å².